The number of halogens is 1. The van der Waals surface area contributed by atoms with Crippen LogP contribution in [-0.2, 0) is 9.53 Å². The maximum absolute atomic E-state index is 13.2. The average molecular weight is 302 g/mol. The molecule has 0 aromatic rings. The topological polar surface area (TPSA) is 122 Å². The second-order valence-electron chi connectivity index (χ2n) is 4.84. The molecule has 1 saturated heterocycles. The summed E-state index contributed by atoms with van der Waals surface area (Å²) in [6, 6.07) is 0. The summed E-state index contributed by atoms with van der Waals surface area (Å²) in [5.41, 5.74) is -4.52. The molecule has 1 amide bonds. The summed E-state index contributed by atoms with van der Waals surface area (Å²) in [7, 11) is 0. The van der Waals surface area contributed by atoms with E-state index in [0.717, 1.165) is 17.2 Å². The number of aliphatic hydroxyl groups is 4. The second kappa shape index (κ2) is 5.25. The van der Waals surface area contributed by atoms with Gasteiger partial charge in [-0.15, -0.1) is 6.42 Å². The van der Waals surface area contributed by atoms with Crippen LogP contribution in [0.15, 0.2) is 12.3 Å². The van der Waals surface area contributed by atoms with E-state index in [-0.39, 0.29) is 0 Å². The molecule has 5 unspecified atom stereocenters. The van der Waals surface area contributed by atoms with Gasteiger partial charge in [0.25, 0.3) is 0 Å². The van der Waals surface area contributed by atoms with Crippen LogP contribution in [0.25, 0.3) is 0 Å². The molecule has 9 heteroatoms. The van der Waals surface area contributed by atoms with Crippen molar-refractivity contribution in [3.63, 3.8) is 0 Å². The molecule has 5 N–H and O–H groups in total. The van der Waals surface area contributed by atoms with Crippen LogP contribution in [0.3, 0.4) is 0 Å². The number of terminal acetylenes is 1. The van der Waals surface area contributed by atoms with E-state index in [1.165, 1.54) is 0 Å². The van der Waals surface area contributed by atoms with Crippen molar-refractivity contribution in [1.29, 1.82) is 0 Å². The Hall–Kier alpha value is -1.70. The molecule has 0 spiro atoms. The van der Waals surface area contributed by atoms with Crippen LogP contribution in [-0.4, -0.2) is 74.4 Å². The van der Waals surface area contributed by atoms with Crippen LogP contribution in [0.4, 0.5) is 4.39 Å². The molecule has 0 saturated carbocycles. The predicted molar refractivity (Wildman–Crippen MR) is 65.6 cm³/mol. The molecule has 2 rings (SSSR count). The van der Waals surface area contributed by atoms with Crippen molar-refractivity contribution in [1.82, 2.24) is 10.2 Å². The minimum atomic E-state index is -2.40. The first-order chi connectivity index (χ1) is 9.84. The van der Waals surface area contributed by atoms with E-state index >= 15 is 0 Å². The van der Waals surface area contributed by atoms with Gasteiger partial charge in [0.1, 0.15) is 12.8 Å². The monoisotopic (exact) mass is 302 g/mol. The number of rotatable bonds is 3. The van der Waals surface area contributed by atoms with Crippen LogP contribution < -0.4 is 5.32 Å². The van der Waals surface area contributed by atoms with E-state index in [2.05, 4.69) is 5.32 Å². The molecule has 116 valence electrons. The highest BCUT2D eigenvalue weighted by atomic mass is 19.1. The zero-order valence-electron chi connectivity index (χ0n) is 10.8. The summed E-state index contributed by atoms with van der Waals surface area (Å²) in [5.74, 6) is 1.30. The molecule has 21 heavy (non-hydrogen) atoms. The van der Waals surface area contributed by atoms with Gasteiger partial charge < -0.3 is 35.4 Å². The fourth-order valence-electron chi connectivity index (χ4n) is 2.31. The van der Waals surface area contributed by atoms with Gasteiger partial charge in [-0.2, -0.15) is 0 Å². The highest BCUT2D eigenvalue weighted by Crippen LogP contribution is 2.40. The Morgan fingerprint density at radius 2 is 2.24 bits per heavy atom. The lowest BCUT2D eigenvalue weighted by Crippen LogP contribution is -2.60. The van der Waals surface area contributed by atoms with Crippen molar-refractivity contribution in [2.24, 2.45) is 0 Å². The van der Waals surface area contributed by atoms with E-state index in [4.69, 9.17) is 11.2 Å². The first-order valence-corrected chi connectivity index (χ1v) is 6.01. The highest BCUT2D eigenvalue weighted by molar-refractivity contribution is 5.88. The average Bonchev–Trinajstić information content (AvgIpc) is 2.70. The molecule has 0 aliphatic carbocycles. The van der Waals surface area contributed by atoms with Gasteiger partial charge in [0, 0.05) is 12.3 Å². The number of ether oxygens (including phenoxy) is 1. The number of hydrogen-bond donors (Lipinski definition) is 5. The number of nitrogens with zero attached hydrogens (tertiary/aromatic N) is 1. The first-order valence-electron chi connectivity index (χ1n) is 6.01. The summed E-state index contributed by atoms with van der Waals surface area (Å²) in [4.78, 5) is 12.0. The van der Waals surface area contributed by atoms with Crippen LogP contribution >= 0.6 is 0 Å². The van der Waals surface area contributed by atoms with Crippen molar-refractivity contribution in [3.8, 4) is 12.3 Å². The molecular weight excluding hydrogens is 287 g/mol. The maximum Gasteiger partial charge on any atom is 0.248 e. The molecule has 2 aliphatic heterocycles. The molecule has 0 aromatic heterocycles. The summed E-state index contributed by atoms with van der Waals surface area (Å²) < 4.78 is 18.4. The van der Waals surface area contributed by atoms with E-state index in [9.17, 15) is 29.6 Å². The van der Waals surface area contributed by atoms with E-state index in [0.29, 0.717) is 0 Å². The molecule has 2 aliphatic rings. The first kappa shape index (κ1) is 15.7. The zero-order valence-corrected chi connectivity index (χ0v) is 10.8. The molecule has 1 fully saturated rings. The van der Waals surface area contributed by atoms with Gasteiger partial charge in [0.05, 0.1) is 6.61 Å². The number of aliphatic hydroxyl groups excluding tert-OH is 3. The third-order valence-electron chi connectivity index (χ3n) is 3.59. The number of nitrogens with one attached hydrogen (secondary N) is 1. The Labute approximate surface area is 119 Å². The SMILES string of the molecule is C#CC1(O)C(N2C=CC(=O)NC2O)OC(CO)(CF)C1O. The predicted octanol–water partition coefficient (Wildman–Crippen LogP) is -3.01. The number of carbonyl (C=O) groups is 1. The lowest BCUT2D eigenvalue weighted by molar-refractivity contribution is -0.186. The Kier molecular flexibility index (Phi) is 3.92. The van der Waals surface area contributed by atoms with Crippen molar-refractivity contribution in [2.75, 3.05) is 13.3 Å². The highest BCUT2D eigenvalue weighted by Gasteiger charge is 2.65. The van der Waals surface area contributed by atoms with Gasteiger partial charge in [0.15, 0.2) is 17.4 Å². The van der Waals surface area contributed by atoms with Crippen molar-refractivity contribution >= 4 is 5.91 Å². The Morgan fingerprint density at radius 1 is 1.57 bits per heavy atom. The van der Waals surface area contributed by atoms with E-state index in [1.54, 1.807) is 0 Å². The molecule has 2 heterocycles. The van der Waals surface area contributed by atoms with Crippen molar-refractivity contribution in [2.45, 2.75) is 29.9 Å². The third kappa shape index (κ3) is 2.17. The Bertz CT molecular complexity index is 502. The lowest BCUT2D eigenvalue weighted by Gasteiger charge is -2.38. The summed E-state index contributed by atoms with van der Waals surface area (Å²) >= 11 is 0. The zero-order chi connectivity index (χ0) is 15.8. The molecule has 0 aromatic carbocycles. The molecule has 0 bridgehead atoms. The number of alkyl halides is 1. The van der Waals surface area contributed by atoms with Crippen molar-refractivity contribution < 1.29 is 34.3 Å². The van der Waals surface area contributed by atoms with E-state index < -0.39 is 49.1 Å². The standard InChI is InChI=1S/C12H15FN2O6/c1-2-12(20)8(18)11(5-13,6-16)21-9(12)15-4-3-7(17)14-10(15)19/h1,3-4,8-10,16,18-20H,5-6H2,(H,14,17). The second-order valence-corrected chi connectivity index (χ2v) is 4.84. The van der Waals surface area contributed by atoms with Gasteiger partial charge in [-0.05, 0) is 0 Å². The number of hydrogen-bond acceptors (Lipinski definition) is 7. The normalized spacial score (nSPS) is 42.8. The fraction of sp³-hybridized carbons (Fsp3) is 0.583. The maximum atomic E-state index is 13.2. The van der Waals surface area contributed by atoms with Gasteiger partial charge in [0.2, 0.25) is 12.3 Å². The smallest absolute Gasteiger partial charge is 0.248 e. The van der Waals surface area contributed by atoms with Crippen LogP contribution in [0.2, 0.25) is 0 Å². The number of amides is 1. The van der Waals surface area contributed by atoms with Crippen LogP contribution in [0.1, 0.15) is 0 Å². The largest absolute Gasteiger partial charge is 0.393 e. The summed E-state index contributed by atoms with van der Waals surface area (Å²) in [5, 5.41) is 41.6. The molecule has 8 nitrogen and oxygen atoms in total. The molecule has 0 radical (unpaired) electrons. The summed E-state index contributed by atoms with van der Waals surface area (Å²) in [6.45, 7) is -2.25. The van der Waals surface area contributed by atoms with Gasteiger partial charge in [-0.1, -0.05) is 5.92 Å². The fourth-order valence-corrected chi connectivity index (χ4v) is 2.31. The molecule has 5 atom stereocenters. The Balaban J connectivity index is 2.41. The lowest BCUT2D eigenvalue weighted by atomic mass is 9.87. The van der Waals surface area contributed by atoms with Gasteiger partial charge in [-0.25, -0.2) is 4.39 Å². The van der Waals surface area contributed by atoms with E-state index in [1.807, 2.05) is 5.92 Å². The minimum Gasteiger partial charge on any atom is -0.393 e. The third-order valence-corrected chi connectivity index (χ3v) is 3.59. The Morgan fingerprint density at radius 3 is 2.71 bits per heavy atom. The van der Waals surface area contributed by atoms with Gasteiger partial charge in [-0.3, -0.25) is 4.79 Å². The van der Waals surface area contributed by atoms with Crippen LogP contribution in [0.5, 0.6) is 0 Å². The minimum absolute atomic E-state index is 0.597. The van der Waals surface area contributed by atoms with Gasteiger partial charge >= 0.3 is 0 Å². The summed E-state index contributed by atoms with van der Waals surface area (Å²) in [6.07, 6.45) is 2.18. The number of carbonyl (C=O) groups excluding carboxylic acids is 1. The van der Waals surface area contributed by atoms with Crippen molar-refractivity contribution in [3.05, 3.63) is 12.3 Å². The quantitative estimate of drug-likeness (QED) is 0.352. The van der Waals surface area contributed by atoms with Crippen LogP contribution in [0, 0.1) is 12.3 Å². The molecular formula is C12H15FN2O6.